The molecule has 3 N–H and O–H groups in total. The van der Waals surface area contributed by atoms with Gasteiger partial charge in [-0.25, -0.2) is 8.78 Å². The second kappa shape index (κ2) is 8.80. The topological polar surface area (TPSA) is 73.1 Å². The molecule has 9 heteroatoms. The molecule has 0 fully saturated rings. The molecule has 31 heavy (non-hydrogen) atoms. The standard InChI is InChI=1S/C22H24ClF2N5O/c1-12(2)27-22(31)21(17-6-15(23)7-19-18(17)8-26-29-19)28-16-4-3-13-9-30(11-20(24)25)10-14(13)5-16/h3-8,12,20-21,28H,9-11H2,1-2H3,(H,26,29)(H,27,31)/t21-/m1/s1. The van der Waals surface area contributed by atoms with Crippen LogP contribution in [0.25, 0.3) is 10.9 Å². The lowest BCUT2D eigenvalue weighted by atomic mass is 10.0. The number of nitrogens with zero attached hydrogens (tertiary/aromatic N) is 2. The highest BCUT2D eigenvalue weighted by molar-refractivity contribution is 6.31. The fraction of sp³-hybridized carbons (Fsp3) is 0.364. The van der Waals surface area contributed by atoms with Gasteiger partial charge < -0.3 is 10.6 Å². The van der Waals surface area contributed by atoms with Crippen molar-refractivity contribution in [3.8, 4) is 0 Å². The number of fused-ring (bicyclic) bond motifs is 2. The predicted molar refractivity (Wildman–Crippen MR) is 117 cm³/mol. The molecular formula is C22H24ClF2N5O. The zero-order valence-corrected chi connectivity index (χ0v) is 18.0. The Morgan fingerprint density at radius 2 is 2.00 bits per heavy atom. The van der Waals surface area contributed by atoms with Crippen molar-refractivity contribution in [2.75, 3.05) is 11.9 Å². The van der Waals surface area contributed by atoms with Crippen molar-refractivity contribution < 1.29 is 13.6 Å². The Labute approximate surface area is 184 Å². The van der Waals surface area contributed by atoms with Crippen molar-refractivity contribution in [1.29, 1.82) is 0 Å². The summed E-state index contributed by atoms with van der Waals surface area (Å²) in [7, 11) is 0. The number of carbonyl (C=O) groups is 1. The highest BCUT2D eigenvalue weighted by Gasteiger charge is 2.26. The van der Waals surface area contributed by atoms with E-state index in [0.717, 1.165) is 27.7 Å². The number of hydrogen-bond acceptors (Lipinski definition) is 4. The van der Waals surface area contributed by atoms with E-state index in [2.05, 4.69) is 20.8 Å². The van der Waals surface area contributed by atoms with Crippen LogP contribution in [0.15, 0.2) is 36.5 Å². The molecule has 2 heterocycles. The fourth-order valence-electron chi connectivity index (χ4n) is 3.98. The predicted octanol–water partition coefficient (Wildman–Crippen LogP) is 4.47. The fourth-order valence-corrected chi connectivity index (χ4v) is 4.21. The number of carbonyl (C=O) groups excluding carboxylic acids is 1. The smallest absolute Gasteiger partial charge is 0.251 e. The van der Waals surface area contributed by atoms with Crippen molar-refractivity contribution in [2.24, 2.45) is 0 Å². The highest BCUT2D eigenvalue weighted by Crippen LogP contribution is 2.32. The van der Waals surface area contributed by atoms with Gasteiger partial charge in [-0.1, -0.05) is 17.7 Å². The van der Waals surface area contributed by atoms with Crippen molar-refractivity contribution in [3.05, 3.63) is 58.2 Å². The van der Waals surface area contributed by atoms with E-state index in [1.807, 2.05) is 32.0 Å². The molecule has 1 aliphatic heterocycles. The van der Waals surface area contributed by atoms with Crippen molar-refractivity contribution in [3.63, 3.8) is 0 Å². The molecule has 0 bridgehead atoms. The Morgan fingerprint density at radius 3 is 2.74 bits per heavy atom. The molecule has 4 rings (SSSR count). The molecule has 1 amide bonds. The number of benzene rings is 2. The number of hydrogen-bond donors (Lipinski definition) is 3. The molecule has 0 saturated carbocycles. The minimum absolute atomic E-state index is 0.0428. The van der Waals surface area contributed by atoms with Crippen molar-refractivity contribution in [2.45, 2.75) is 45.4 Å². The van der Waals surface area contributed by atoms with Crippen LogP contribution in [-0.4, -0.2) is 40.0 Å². The number of amides is 1. The quantitative estimate of drug-likeness (QED) is 0.499. The van der Waals surface area contributed by atoms with Gasteiger partial charge in [-0.3, -0.25) is 14.8 Å². The molecule has 1 aromatic heterocycles. The van der Waals surface area contributed by atoms with E-state index >= 15 is 0 Å². The molecule has 2 aromatic carbocycles. The summed E-state index contributed by atoms with van der Waals surface area (Å²) in [6.07, 6.45) is -0.695. The second-order valence-corrected chi connectivity index (χ2v) is 8.55. The van der Waals surface area contributed by atoms with Crippen LogP contribution in [0.3, 0.4) is 0 Å². The number of aromatic nitrogens is 2. The molecule has 0 unspecified atom stereocenters. The van der Waals surface area contributed by atoms with Crippen LogP contribution in [0.5, 0.6) is 0 Å². The van der Waals surface area contributed by atoms with Crippen LogP contribution in [-0.2, 0) is 17.9 Å². The van der Waals surface area contributed by atoms with E-state index in [9.17, 15) is 13.6 Å². The lowest BCUT2D eigenvalue weighted by Gasteiger charge is -2.22. The van der Waals surface area contributed by atoms with Gasteiger partial charge in [-0.2, -0.15) is 5.10 Å². The third-order valence-corrected chi connectivity index (χ3v) is 5.48. The summed E-state index contributed by atoms with van der Waals surface area (Å²) in [5.41, 5.74) is 4.18. The number of rotatable bonds is 7. The third kappa shape index (κ3) is 4.80. The van der Waals surface area contributed by atoms with Gasteiger partial charge in [0, 0.05) is 35.2 Å². The SMILES string of the molecule is CC(C)NC(=O)[C@H](Nc1ccc2c(c1)CN(CC(F)F)C2)c1cc(Cl)cc2[nH]ncc12. The highest BCUT2D eigenvalue weighted by atomic mass is 35.5. The Bertz CT molecular complexity index is 1100. The lowest BCUT2D eigenvalue weighted by molar-refractivity contribution is -0.122. The van der Waals surface area contributed by atoms with Gasteiger partial charge in [0.1, 0.15) is 6.04 Å². The van der Waals surface area contributed by atoms with Crippen LogP contribution in [0.1, 0.15) is 36.6 Å². The second-order valence-electron chi connectivity index (χ2n) is 8.11. The first-order valence-corrected chi connectivity index (χ1v) is 10.5. The zero-order chi connectivity index (χ0) is 22.1. The Kier molecular flexibility index (Phi) is 6.11. The Balaban J connectivity index is 1.65. The van der Waals surface area contributed by atoms with Gasteiger partial charge in [0.15, 0.2) is 0 Å². The average Bonchev–Trinajstić information content (AvgIpc) is 3.29. The molecule has 0 spiro atoms. The van der Waals surface area contributed by atoms with Gasteiger partial charge in [0.2, 0.25) is 5.91 Å². The normalized spacial score (nSPS) is 14.9. The summed E-state index contributed by atoms with van der Waals surface area (Å²) < 4.78 is 25.5. The summed E-state index contributed by atoms with van der Waals surface area (Å²) in [6.45, 7) is 4.50. The molecule has 3 aromatic rings. The van der Waals surface area contributed by atoms with Gasteiger partial charge in [-0.05, 0) is 54.8 Å². The Hall–Kier alpha value is -2.71. The Morgan fingerprint density at radius 1 is 1.23 bits per heavy atom. The molecule has 164 valence electrons. The maximum absolute atomic E-state index is 13.1. The van der Waals surface area contributed by atoms with E-state index in [1.54, 1.807) is 23.2 Å². The number of alkyl halides is 2. The van der Waals surface area contributed by atoms with Gasteiger partial charge >= 0.3 is 0 Å². The number of halogens is 3. The summed E-state index contributed by atoms with van der Waals surface area (Å²) >= 11 is 6.30. The number of aromatic amines is 1. The maximum Gasteiger partial charge on any atom is 0.251 e. The van der Waals surface area contributed by atoms with Crippen LogP contribution < -0.4 is 10.6 Å². The van der Waals surface area contributed by atoms with Crippen LogP contribution >= 0.6 is 11.6 Å². The summed E-state index contributed by atoms with van der Waals surface area (Å²) in [5.74, 6) is -0.195. The third-order valence-electron chi connectivity index (χ3n) is 5.26. The molecule has 1 aliphatic rings. The van der Waals surface area contributed by atoms with Crippen molar-refractivity contribution in [1.82, 2.24) is 20.4 Å². The van der Waals surface area contributed by atoms with E-state index in [-0.39, 0.29) is 18.5 Å². The van der Waals surface area contributed by atoms with Gasteiger partial charge in [-0.15, -0.1) is 0 Å². The average molecular weight is 448 g/mol. The van der Waals surface area contributed by atoms with E-state index in [4.69, 9.17) is 11.6 Å². The van der Waals surface area contributed by atoms with E-state index < -0.39 is 12.5 Å². The van der Waals surface area contributed by atoms with Crippen LogP contribution in [0, 0.1) is 0 Å². The molecule has 6 nitrogen and oxygen atoms in total. The van der Waals surface area contributed by atoms with Crippen LogP contribution in [0.4, 0.5) is 14.5 Å². The first-order chi connectivity index (χ1) is 14.8. The minimum atomic E-state index is -2.36. The zero-order valence-electron chi connectivity index (χ0n) is 17.3. The lowest BCUT2D eigenvalue weighted by Crippen LogP contribution is -2.37. The largest absolute Gasteiger partial charge is 0.370 e. The first kappa shape index (κ1) is 21.5. The number of anilines is 1. The monoisotopic (exact) mass is 447 g/mol. The molecule has 1 atom stereocenters. The molecule has 0 aliphatic carbocycles. The first-order valence-electron chi connectivity index (χ1n) is 10.1. The van der Waals surface area contributed by atoms with Crippen molar-refractivity contribution >= 4 is 34.1 Å². The summed E-state index contributed by atoms with van der Waals surface area (Å²) in [4.78, 5) is 14.8. The number of H-pyrrole nitrogens is 1. The molecule has 0 saturated heterocycles. The van der Waals surface area contributed by atoms with E-state index in [0.29, 0.717) is 23.7 Å². The molecule has 0 radical (unpaired) electrons. The van der Waals surface area contributed by atoms with Crippen LogP contribution in [0.2, 0.25) is 5.02 Å². The van der Waals surface area contributed by atoms with Gasteiger partial charge in [0.05, 0.1) is 18.3 Å². The summed E-state index contributed by atoms with van der Waals surface area (Å²) in [6, 6.07) is 8.49. The maximum atomic E-state index is 13.1. The van der Waals surface area contributed by atoms with E-state index in [1.165, 1.54) is 0 Å². The van der Waals surface area contributed by atoms with Gasteiger partial charge in [0.25, 0.3) is 6.43 Å². The minimum Gasteiger partial charge on any atom is -0.370 e. The number of nitrogens with one attached hydrogen (secondary N) is 3. The molecular weight excluding hydrogens is 424 g/mol. The summed E-state index contributed by atoms with van der Waals surface area (Å²) in [5, 5.41) is 14.5.